The fraction of sp³-hybridized carbons (Fsp3) is 0.143. The van der Waals surface area contributed by atoms with E-state index in [1.165, 1.54) is 5.56 Å². The van der Waals surface area contributed by atoms with E-state index in [4.69, 9.17) is 4.74 Å². The predicted octanol–water partition coefficient (Wildman–Crippen LogP) is 4.76. The Morgan fingerprint density at radius 1 is 0.696 bits per heavy atom. The van der Waals surface area contributed by atoms with E-state index in [0.717, 1.165) is 29.7 Å². The van der Waals surface area contributed by atoms with Gasteiger partial charge >= 0.3 is 0 Å². The van der Waals surface area contributed by atoms with Crippen molar-refractivity contribution in [3.05, 3.63) is 95.6 Å². The Morgan fingerprint density at radius 2 is 1.35 bits per heavy atom. The summed E-state index contributed by atoms with van der Waals surface area (Å²) in [5, 5.41) is 10.0. The molecule has 0 bridgehead atoms. The van der Waals surface area contributed by atoms with Gasteiger partial charge in [-0.25, -0.2) is 0 Å². The minimum absolute atomic E-state index is 0.327. The van der Waals surface area contributed by atoms with Crippen LogP contribution in [0.1, 0.15) is 16.7 Å². The van der Waals surface area contributed by atoms with Gasteiger partial charge in [-0.1, -0.05) is 60.7 Å². The molecule has 0 saturated carbocycles. The molecular formula is C21H20O2. The molecule has 0 radical (unpaired) electrons. The highest BCUT2D eigenvalue weighted by Gasteiger charge is 2.05. The van der Waals surface area contributed by atoms with Crippen molar-refractivity contribution < 1.29 is 9.84 Å². The molecule has 1 N–H and O–H groups in total. The molecule has 0 aliphatic rings. The predicted molar refractivity (Wildman–Crippen MR) is 92.7 cm³/mol. The number of aryl methyl sites for hydroxylation is 2. The van der Waals surface area contributed by atoms with Crippen molar-refractivity contribution in [2.45, 2.75) is 19.4 Å². The van der Waals surface area contributed by atoms with Crippen LogP contribution in [-0.2, 0) is 19.4 Å². The summed E-state index contributed by atoms with van der Waals surface area (Å²) in [5.74, 6) is 1.11. The second-order valence-corrected chi connectivity index (χ2v) is 5.55. The van der Waals surface area contributed by atoms with E-state index in [2.05, 4.69) is 12.1 Å². The first kappa shape index (κ1) is 15.2. The Kier molecular flexibility index (Phi) is 4.95. The molecule has 3 rings (SSSR count). The third-order valence-corrected chi connectivity index (χ3v) is 3.83. The SMILES string of the molecule is Oc1ccc(OCc2ccccc2)cc1CCc1ccccc1. The molecule has 2 heteroatoms. The number of rotatable bonds is 6. The summed E-state index contributed by atoms with van der Waals surface area (Å²) in [4.78, 5) is 0. The molecule has 0 atom stereocenters. The summed E-state index contributed by atoms with van der Waals surface area (Å²) >= 11 is 0. The van der Waals surface area contributed by atoms with E-state index < -0.39 is 0 Å². The maximum atomic E-state index is 10.0. The highest BCUT2D eigenvalue weighted by atomic mass is 16.5. The van der Waals surface area contributed by atoms with Crippen molar-refractivity contribution in [1.82, 2.24) is 0 Å². The fourth-order valence-electron chi connectivity index (χ4n) is 2.52. The van der Waals surface area contributed by atoms with Crippen molar-refractivity contribution in [3.8, 4) is 11.5 Å². The Bertz CT molecular complexity index is 736. The van der Waals surface area contributed by atoms with Crippen LogP contribution in [0.4, 0.5) is 0 Å². The van der Waals surface area contributed by atoms with Crippen LogP contribution in [0, 0.1) is 0 Å². The molecule has 0 heterocycles. The molecule has 0 unspecified atom stereocenters. The first-order chi connectivity index (χ1) is 11.3. The Balaban J connectivity index is 1.64. The van der Waals surface area contributed by atoms with Crippen molar-refractivity contribution in [3.63, 3.8) is 0 Å². The number of aromatic hydroxyl groups is 1. The smallest absolute Gasteiger partial charge is 0.120 e. The zero-order chi connectivity index (χ0) is 15.9. The second-order valence-electron chi connectivity index (χ2n) is 5.55. The van der Waals surface area contributed by atoms with Crippen molar-refractivity contribution >= 4 is 0 Å². The van der Waals surface area contributed by atoms with E-state index in [1.54, 1.807) is 6.07 Å². The van der Waals surface area contributed by atoms with Crippen LogP contribution in [0.2, 0.25) is 0 Å². The second kappa shape index (κ2) is 7.50. The Morgan fingerprint density at radius 3 is 2.04 bits per heavy atom. The zero-order valence-corrected chi connectivity index (χ0v) is 13.0. The lowest BCUT2D eigenvalue weighted by Crippen LogP contribution is -1.97. The molecule has 0 aliphatic heterocycles. The van der Waals surface area contributed by atoms with Gasteiger partial charge in [0.25, 0.3) is 0 Å². The highest BCUT2D eigenvalue weighted by Crippen LogP contribution is 2.25. The summed E-state index contributed by atoms with van der Waals surface area (Å²) in [5.41, 5.74) is 3.31. The first-order valence-corrected chi connectivity index (χ1v) is 7.84. The van der Waals surface area contributed by atoms with Crippen LogP contribution in [-0.4, -0.2) is 5.11 Å². The van der Waals surface area contributed by atoms with Crippen molar-refractivity contribution in [2.24, 2.45) is 0 Å². The molecule has 3 aromatic rings. The number of benzene rings is 3. The van der Waals surface area contributed by atoms with Gasteiger partial charge in [0.1, 0.15) is 18.1 Å². The Hall–Kier alpha value is -2.74. The number of hydrogen-bond donors (Lipinski definition) is 1. The lowest BCUT2D eigenvalue weighted by Gasteiger charge is -2.10. The summed E-state index contributed by atoms with van der Waals surface area (Å²) in [6.45, 7) is 0.531. The van der Waals surface area contributed by atoms with Gasteiger partial charge in [0.15, 0.2) is 0 Å². The van der Waals surface area contributed by atoms with Gasteiger partial charge in [0.2, 0.25) is 0 Å². The van der Waals surface area contributed by atoms with Crippen LogP contribution in [0.25, 0.3) is 0 Å². The van der Waals surface area contributed by atoms with Crippen molar-refractivity contribution in [1.29, 1.82) is 0 Å². The van der Waals surface area contributed by atoms with Gasteiger partial charge in [-0.3, -0.25) is 0 Å². The molecule has 0 aromatic heterocycles. The van der Waals surface area contributed by atoms with E-state index in [9.17, 15) is 5.11 Å². The normalized spacial score (nSPS) is 10.4. The lowest BCUT2D eigenvalue weighted by atomic mass is 10.0. The van der Waals surface area contributed by atoms with Gasteiger partial charge in [0, 0.05) is 0 Å². The average Bonchev–Trinajstić information content (AvgIpc) is 2.62. The quantitative estimate of drug-likeness (QED) is 0.711. The Labute approximate surface area is 137 Å². The summed E-state index contributed by atoms with van der Waals surface area (Å²) in [7, 11) is 0. The number of hydrogen-bond acceptors (Lipinski definition) is 2. The van der Waals surface area contributed by atoms with Crippen LogP contribution < -0.4 is 4.74 Å². The maximum absolute atomic E-state index is 10.0. The average molecular weight is 304 g/mol. The third-order valence-electron chi connectivity index (χ3n) is 3.83. The summed E-state index contributed by atoms with van der Waals surface area (Å²) < 4.78 is 5.83. The monoisotopic (exact) mass is 304 g/mol. The van der Waals surface area contributed by atoms with Gasteiger partial charge < -0.3 is 9.84 Å². The van der Waals surface area contributed by atoms with E-state index in [1.807, 2.05) is 60.7 Å². The van der Waals surface area contributed by atoms with Gasteiger partial charge in [-0.2, -0.15) is 0 Å². The molecule has 0 fully saturated rings. The molecular weight excluding hydrogens is 284 g/mol. The first-order valence-electron chi connectivity index (χ1n) is 7.84. The maximum Gasteiger partial charge on any atom is 0.120 e. The minimum atomic E-state index is 0.327. The van der Waals surface area contributed by atoms with E-state index in [-0.39, 0.29) is 0 Å². The van der Waals surface area contributed by atoms with Gasteiger partial charge in [-0.15, -0.1) is 0 Å². The number of phenols is 1. The standard InChI is InChI=1S/C21H20O2/c22-21-14-13-20(23-16-18-9-5-2-6-10-18)15-19(21)12-11-17-7-3-1-4-8-17/h1-10,13-15,22H,11-12,16H2. The van der Waals surface area contributed by atoms with Gasteiger partial charge in [0.05, 0.1) is 0 Å². The zero-order valence-electron chi connectivity index (χ0n) is 13.0. The van der Waals surface area contributed by atoms with Crippen LogP contribution >= 0.6 is 0 Å². The van der Waals surface area contributed by atoms with Crippen molar-refractivity contribution in [2.75, 3.05) is 0 Å². The van der Waals surface area contributed by atoms with Crippen LogP contribution in [0.15, 0.2) is 78.9 Å². The summed E-state index contributed by atoms with van der Waals surface area (Å²) in [6.07, 6.45) is 1.69. The third kappa shape index (κ3) is 4.36. The number of phenolic OH excluding ortho intramolecular Hbond substituents is 1. The molecule has 0 saturated heterocycles. The van der Waals surface area contributed by atoms with Crippen LogP contribution in [0.3, 0.4) is 0 Å². The molecule has 0 aliphatic carbocycles. The van der Waals surface area contributed by atoms with Gasteiger partial charge in [-0.05, 0) is 47.7 Å². The summed E-state index contributed by atoms with van der Waals surface area (Å²) in [6, 6.07) is 25.8. The molecule has 0 spiro atoms. The highest BCUT2D eigenvalue weighted by molar-refractivity contribution is 5.40. The van der Waals surface area contributed by atoms with E-state index in [0.29, 0.717) is 12.4 Å². The molecule has 3 aromatic carbocycles. The molecule has 0 amide bonds. The molecule has 23 heavy (non-hydrogen) atoms. The number of ether oxygens (including phenoxy) is 1. The fourth-order valence-corrected chi connectivity index (χ4v) is 2.52. The molecule has 116 valence electrons. The van der Waals surface area contributed by atoms with E-state index >= 15 is 0 Å². The van der Waals surface area contributed by atoms with Crippen LogP contribution in [0.5, 0.6) is 11.5 Å². The lowest BCUT2D eigenvalue weighted by molar-refractivity contribution is 0.305. The minimum Gasteiger partial charge on any atom is -0.508 e. The molecule has 2 nitrogen and oxygen atoms in total. The topological polar surface area (TPSA) is 29.5 Å². The largest absolute Gasteiger partial charge is 0.508 e.